The number of halogens is 1. The molecule has 0 bridgehead atoms. The first-order valence-electron chi connectivity index (χ1n) is 4.12. The second-order valence-electron chi connectivity index (χ2n) is 2.60. The summed E-state index contributed by atoms with van der Waals surface area (Å²) in [6, 6.07) is 7.25. The number of hydrogen-bond donors (Lipinski definition) is 0. The van der Waals surface area contributed by atoms with E-state index in [2.05, 4.69) is 20.9 Å². The highest BCUT2D eigenvalue weighted by Crippen LogP contribution is 2.07. The van der Waals surface area contributed by atoms with Crippen molar-refractivity contribution in [3.63, 3.8) is 0 Å². The van der Waals surface area contributed by atoms with Crippen LogP contribution < -0.4 is 0 Å². The Morgan fingerprint density at radius 1 is 1.53 bits per heavy atom. The lowest BCUT2D eigenvalue weighted by Crippen LogP contribution is -1.80. The van der Waals surface area contributed by atoms with Crippen LogP contribution in [0.5, 0.6) is 0 Å². The Bertz CT molecular complexity index is 458. The number of aldehydes is 1. The van der Waals surface area contributed by atoms with Crippen LogP contribution in [0.4, 0.5) is 0 Å². The van der Waals surface area contributed by atoms with Gasteiger partial charge in [-0.1, -0.05) is 12.1 Å². The van der Waals surface area contributed by atoms with E-state index in [0.717, 1.165) is 10.3 Å². The summed E-state index contributed by atoms with van der Waals surface area (Å²) in [4.78, 5) is 14.4. The summed E-state index contributed by atoms with van der Waals surface area (Å²) in [5, 5.41) is 8.46. The Kier molecular flexibility index (Phi) is 4.45. The number of hydrogen-bond acceptors (Lipinski definition) is 3. The van der Waals surface area contributed by atoms with Crippen LogP contribution in [0.2, 0.25) is 0 Å². The molecule has 74 valence electrons. The molecule has 0 saturated heterocycles. The van der Waals surface area contributed by atoms with E-state index in [0.29, 0.717) is 6.29 Å². The molecule has 1 heterocycles. The van der Waals surface area contributed by atoms with Gasteiger partial charge in [0.15, 0.2) is 6.29 Å². The number of pyridine rings is 1. The molecule has 0 aliphatic heterocycles. The van der Waals surface area contributed by atoms with E-state index >= 15 is 0 Å². The fraction of sp³-hybridized carbons (Fsp3) is 0. The Morgan fingerprint density at radius 2 is 2.33 bits per heavy atom. The predicted molar refractivity (Wildman–Crippen MR) is 60.7 cm³/mol. The number of carbonyl (C=O) groups excluding carboxylic acids is 1. The zero-order valence-electron chi connectivity index (χ0n) is 7.72. The van der Waals surface area contributed by atoms with Crippen LogP contribution in [0, 0.1) is 11.3 Å². The average molecular weight is 263 g/mol. The molecule has 1 rings (SSSR count). The second kappa shape index (κ2) is 5.89. The van der Waals surface area contributed by atoms with Gasteiger partial charge in [0.25, 0.3) is 0 Å². The van der Waals surface area contributed by atoms with Crippen molar-refractivity contribution in [1.29, 1.82) is 5.26 Å². The van der Waals surface area contributed by atoms with Gasteiger partial charge in [-0.05, 0) is 40.2 Å². The molecular weight excluding hydrogens is 256 g/mol. The minimum absolute atomic E-state index is 0.0845. The van der Waals surface area contributed by atoms with Crippen molar-refractivity contribution in [3.8, 4) is 6.07 Å². The molecule has 0 unspecified atom stereocenters. The van der Waals surface area contributed by atoms with E-state index in [4.69, 9.17) is 5.26 Å². The van der Waals surface area contributed by atoms with Crippen LogP contribution in [-0.2, 0) is 4.79 Å². The molecular formula is C11H7BrN2O. The Morgan fingerprint density at radius 3 is 2.93 bits per heavy atom. The molecule has 0 aliphatic rings. The van der Waals surface area contributed by atoms with Crippen molar-refractivity contribution in [3.05, 3.63) is 46.2 Å². The maximum absolute atomic E-state index is 10.3. The number of aromatic nitrogens is 1. The number of nitrogens with zero attached hydrogens (tertiary/aromatic N) is 2. The maximum atomic E-state index is 10.3. The van der Waals surface area contributed by atoms with Crippen LogP contribution >= 0.6 is 15.9 Å². The van der Waals surface area contributed by atoms with Crippen molar-refractivity contribution >= 4 is 28.3 Å². The van der Waals surface area contributed by atoms with E-state index in [-0.39, 0.29) is 5.57 Å². The van der Waals surface area contributed by atoms with Gasteiger partial charge in [-0.2, -0.15) is 5.26 Å². The van der Waals surface area contributed by atoms with Gasteiger partial charge in [-0.3, -0.25) is 4.79 Å². The van der Waals surface area contributed by atoms with Crippen LogP contribution in [-0.4, -0.2) is 11.3 Å². The van der Waals surface area contributed by atoms with Crippen molar-refractivity contribution in [1.82, 2.24) is 4.98 Å². The number of nitriles is 1. The van der Waals surface area contributed by atoms with Gasteiger partial charge in [0.2, 0.25) is 0 Å². The lowest BCUT2D eigenvalue weighted by Gasteiger charge is -1.91. The standard InChI is InChI=1S/C11H7BrN2O/c12-11-6-2-5-10(14-11)4-1-3-9(7-13)8-15/h1-6,8H/b4-1+,9-3+. The van der Waals surface area contributed by atoms with Gasteiger partial charge >= 0.3 is 0 Å². The van der Waals surface area contributed by atoms with Crippen LogP contribution in [0.3, 0.4) is 0 Å². The van der Waals surface area contributed by atoms with Gasteiger partial charge in [0, 0.05) is 0 Å². The summed E-state index contributed by atoms with van der Waals surface area (Å²) >= 11 is 3.24. The minimum Gasteiger partial charge on any atom is -0.297 e. The molecule has 0 amide bonds. The summed E-state index contributed by atoms with van der Waals surface area (Å²) in [5.74, 6) is 0. The SMILES string of the molecule is N#C/C(C=O)=C\C=C\c1cccc(Br)n1. The zero-order valence-corrected chi connectivity index (χ0v) is 9.31. The topological polar surface area (TPSA) is 53.8 Å². The van der Waals surface area contributed by atoms with Gasteiger partial charge in [-0.15, -0.1) is 0 Å². The van der Waals surface area contributed by atoms with E-state index in [9.17, 15) is 4.79 Å². The largest absolute Gasteiger partial charge is 0.297 e. The molecule has 0 saturated carbocycles. The van der Waals surface area contributed by atoms with Crippen molar-refractivity contribution in [2.45, 2.75) is 0 Å². The molecule has 0 spiro atoms. The number of carbonyl (C=O) groups is 1. The summed E-state index contributed by atoms with van der Waals surface area (Å²) < 4.78 is 0.740. The first-order valence-corrected chi connectivity index (χ1v) is 4.92. The molecule has 0 N–H and O–H groups in total. The molecule has 15 heavy (non-hydrogen) atoms. The highest BCUT2D eigenvalue weighted by Gasteiger charge is 1.90. The Labute approximate surface area is 95.9 Å². The third-order valence-corrected chi connectivity index (χ3v) is 1.98. The number of rotatable bonds is 3. The molecule has 4 heteroatoms. The Balaban J connectivity index is 2.79. The maximum Gasteiger partial charge on any atom is 0.160 e. The van der Waals surface area contributed by atoms with Crippen LogP contribution in [0.25, 0.3) is 6.08 Å². The third-order valence-electron chi connectivity index (χ3n) is 1.54. The molecule has 0 atom stereocenters. The molecule has 3 nitrogen and oxygen atoms in total. The molecule has 0 fully saturated rings. The van der Waals surface area contributed by atoms with Crippen molar-refractivity contribution < 1.29 is 4.79 Å². The average Bonchev–Trinajstić information content (AvgIpc) is 2.25. The first-order chi connectivity index (χ1) is 7.26. The highest BCUT2D eigenvalue weighted by atomic mass is 79.9. The fourth-order valence-electron chi connectivity index (χ4n) is 0.870. The zero-order chi connectivity index (χ0) is 11.1. The van der Waals surface area contributed by atoms with Gasteiger partial charge in [0.1, 0.15) is 10.7 Å². The van der Waals surface area contributed by atoms with Crippen molar-refractivity contribution in [2.24, 2.45) is 0 Å². The normalized spacial score (nSPS) is 11.3. The van der Waals surface area contributed by atoms with E-state index < -0.39 is 0 Å². The first kappa shape index (κ1) is 11.3. The summed E-state index contributed by atoms with van der Waals surface area (Å²) in [6.07, 6.45) is 5.28. The monoisotopic (exact) mass is 262 g/mol. The summed E-state index contributed by atoms with van der Waals surface area (Å²) in [5.41, 5.74) is 0.838. The predicted octanol–water partition coefficient (Wildman–Crippen LogP) is 2.51. The number of allylic oxidation sites excluding steroid dienone is 3. The van der Waals surface area contributed by atoms with E-state index in [1.54, 1.807) is 18.2 Å². The molecule has 1 aromatic heterocycles. The van der Waals surface area contributed by atoms with Gasteiger partial charge in [-0.25, -0.2) is 4.98 Å². The van der Waals surface area contributed by atoms with Crippen LogP contribution in [0.15, 0.2) is 40.5 Å². The lowest BCUT2D eigenvalue weighted by atomic mass is 10.2. The fourth-order valence-corrected chi connectivity index (χ4v) is 1.23. The Hall–Kier alpha value is -1.73. The third kappa shape index (κ3) is 3.88. The lowest BCUT2D eigenvalue weighted by molar-refractivity contribution is -0.104. The molecule has 0 radical (unpaired) electrons. The summed E-state index contributed by atoms with van der Waals surface area (Å²) in [7, 11) is 0. The quantitative estimate of drug-likeness (QED) is 0.277. The van der Waals surface area contributed by atoms with Gasteiger partial charge in [0.05, 0.1) is 11.3 Å². The second-order valence-corrected chi connectivity index (χ2v) is 3.41. The van der Waals surface area contributed by atoms with E-state index in [1.165, 1.54) is 6.08 Å². The molecule has 1 aromatic rings. The molecule has 0 aromatic carbocycles. The van der Waals surface area contributed by atoms with E-state index in [1.807, 2.05) is 18.2 Å². The smallest absolute Gasteiger partial charge is 0.160 e. The highest BCUT2D eigenvalue weighted by molar-refractivity contribution is 9.10. The van der Waals surface area contributed by atoms with Crippen molar-refractivity contribution in [2.75, 3.05) is 0 Å². The van der Waals surface area contributed by atoms with Crippen LogP contribution in [0.1, 0.15) is 5.69 Å². The molecule has 0 aliphatic carbocycles. The van der Waals surface area contributed by atoms with Gasteiger partial charge < -0.3 is 0 Å². The minimum atomic E-state index is 0.0845. The summed E-state index contributed by atoms with van der Waals surface area (Å²) in [6.45, 7) is 0.